The van der Waals surface area contributed by atoms with Crippen molar-refractivity contribution >= 4 is 27.3 Å². The Bertz CT molecular complexity index is 871. The smallest absolute Gasteiger partial charge is 0.354 e. The van der Waals surface area contributed by atoms with Crippen molar-refractivity contribution in [2.24, 2.45) is 0 Å². The van der Waals surface area contributed by atoms with Gasteiger partial charge in [-0.1, -0.05) is 18.2 Å². The highest BCUT2D eigenvalue weighted by Crippen LogP contribution is 2.36. The zero-order valence-electron chi connectivity index (χ0n) is 11.1. The second-order valence-electron chi connectivity index (χ2n) is 4.78. The SMILES string of the molecule is O=S1(=O)C=Cc2cccc(Nc3cccc(C(F)(F)F)c3)c21. The first kappa shape index (κ1) is 14.6. The zero-order valence-corrected chi connectivity index (χ0v) is 11.9. The second-order valence-corrected chi connectivity index (χ2v) is 6.55. The average Bonchev–Trinajstić information content (AvgIpc) is 2.75. The molecule has 2 aromatic carbocycles. The molecule has 7 heteroatoms. The Morgan fingerprint density at radius 2 is 1.73 bits per heavy atom. The lowest BCUT2D eigenvalue weighted by Gasteiger charge is -2.13. The molecule has 114 valence electrons. The van der Waals surface area contributed by atoms with Crippen LogP contribution in [0.3, 0.4) is 0 Å². The van der Waals surface area contributed by atoms with Crippen molar-refractivity contribution in [1.82, 2.24) is 0 Å². The van der Waals surface area contributed by atoms with Gasteiger partial charge in [-0.3, -0.25) is 0 Å². The summed E-state index contributed by atoms with van der Waals surface area (Å²) < 4.78 is 62.1. The second kappa shape index (κ2) is 4.88. The van der Waals surface area contributed by atoms with Crippen LogP contribution < -0.4 is 5.32 Å². The summed E-state index contributed by atoms with van der Waals surface area (Å²) in [5.41, 5.74) is 0.134. The maximum atomic E-state index is 12.7. The predicted molar refractivity (Wildman–Crippen MR) is 77.4 cm³/mol. The molecule has 2 aromatic rings. The highest BCUT2D eigenvalue weighted by Gasteiger charge is 2.30. The van der Waals surface area contributed by atoms with Crippen LogP contribution in [-0.4, -0.2) is 8.42 Å². The van der Waals surface area contributed by atoms with E-state index >= 15 is 0 Å². The van der Waals surface area contributed by atoms with Gasteiger partial charge >= 0.3 is 6.18 Å². The van der Waals surface area contributed by atoms with E-state index in [1.165, 1.54) is 24.3 Å². The zero-order chi connectivity index (χ0) is 16.0. The van der Waals surface area contributed by atoms with Crippen LogP contribution in [0.4, 0.5) is 24.5 Å². The molecule has 0 saturated carbocycles. The maximum Gasteiger partial charge on any atom is 0.416 e. The normalized spacial score (nSPS) is 15.6. The van der Waals surface area contributed by atoms with Gasteiger partial charge < -0.3 is 5.32 Å². The summed E-state index contributed by atoms with van der Waals surface area (Å²) in [6, 6.07) is 9.40. The first-order valence-corrected chi connectivity index (χ1v) is 7.82. The van der Waals surface area contributed by atoms with Crippen LogP contribution >= 0.6 is 0 Å². The quantitative estimate of drug-likeness (QED) is 0.900. The average molecular weight is 325 g/mol. The molecule has 1 aliphatic heterocycles. The molecule has 3 nitrogen and oxygen atoms in total. The Morgan fingerprint density at radius 3 is 2.45 bits per heavy atom. The van der Waals surface area contributed by atoms with Gasteiger partial charge in [0.25, 0.3) is 0 Å². The van der Waals surface area contributed by atoms with Gasteiger partial charge in [0, 0.05) is 11.1 Å². The molecule has 1 heterocycles. The highest BCUT2D eigenvalue weighted by atomic mass is 32.2. The number of hydrogen-bond donors (Lipinski definition) is 1. The van der Waals surface area contributed by atoms with Crippen LogP contribution in [0.25, 0.3) is 6.08 Å². The number of alkyl halides is 3. The van der Waals surface area contributed by atoms with E-state index in [9.17, 15) is 21.6 Å². The molecule has 0 radical (unpaired) electrons. The summed E-state index contributed by atoms with van der Waals surface area (Å²) in [5.74, 6) is 0. The van der Waals surface area contributed by atoms with Crippen molar-refractivity contribution in [2.75, 3.05) is 5.32 Å². The van der Waals surface area contributed by atoms with E-state index in [-0.39, 0.29) is 16.3 Å². The molecule has 1 N–H and O–H groups in total. The van der Waals surface area contributed by atoms with Crippen LogP contribution in [-0.2, 0) is 16.0 Å². The summed E-state index contributed by atoms with van der Waals surface area (Å²) in [6.45, 7) is 0. The van der Waals surface area contributed by atoms with E-state index in [0.29, 0.717) is 5.56 Å². The minimum Gasteiger partial charge on any atom is -0.354 e. The molecule has 0 unspecified atom stereocenters. The molecule has 0 fully saturated rings. The first-order chi connectivity index (χ1) is 10.3. The van der Waals surface area contributed by atoms with E-state index in [2.05, 4.69) is 5.32 Å². The Labute approximate surface area is 125 Å². The molecule has 0 atom stereocenters. The highest BCUT2D eigenvalue weighted by molar-refractivity contribution is 7.95. The van der Waals surface area contributed by atoms with Crippen LogP contribution in [0.2, 0.25) is 0 Å². The van der Waals surface area contributed by atoms with Gasteiger partial charge in [-0.05, 0) is 35.9 Å². The Balaban J connectivity index is 2.02. The topological polar surface area (TPSA) is 46.2 Å². The van der Waals surface area contributed by atoms with Crippen LogP contribution in [0.5, 0.6) is 0 Å². The van der Waals surface area contributed by atoms with Gasteiger partial charge in [-0.25, -0.2) is 8.42 Å². The number of fused-ring (bicyclic) bond motifs is 1. The minimum absolute atomic E-state index is 0.0763. The maximum absolute atomic E-state index is 12.7. The summed E-state index contributed by atoms with van der Waals surface area (Å²) >= 11 is 0. The molecule has 0 saturated heterocycles. The Kier molecular flexibility index (Phi) is 3.25. The van der Waals surface area contributed by atoms with Crippen LogP contribution in [0.15, 0.2) is 52.8 Å². The molecule has 3 rings (SSSR count). The van der Waals surface area contributed by atoms with Crippen molar-refractivity contribution in [3.8, 4) is 0 Å². The number of benzene rings is 2. The fraction of sp³-hybridized carbons (Fsp3) is 0.0667. The van der Waals surface area contributed by atoms with E-state index in [1.807, 2.05) is 0 Å². The first-order valence-electron chi connectivity index (χ1n) is 6.28. The standard InChI is InChI=1S/C15H10F3NO2S/c16-15(17,18)11-4-2-5-12(9-11)19-13-6-1-3-10-7-8-22(20,21)14(10)13/h1-9,19H. The number of hydrogen-bond acceptors (Lipinski definition) is 3. The summed E-state index contributed by atoms with van der Waals surface area (Å²) in [7, 11) is -3.56. The molecule has 0 aliphatic carbocycles. The largest absolute Gasteiger partial charge is 0.416 e. The molecule has 0 amide bonds. The van der Waals surface area contributed by atoms with Gasteiger partial charge in [-0.15, -0.1) is 0 Å². The molecule has 0 bridgehead atoms. The number of rotatable bonds is 2. The van der Waals surface area contributed by atoms with Gasteiger partial charge in [0.15, 0.2) is 0 Å². The van der Waals surface area contributed by atoms with Gasteiger partial charge in [0.05, 0.1) is 11.3 Å². The van der Waals surface area contributed by atoms with E-state index in [1.54, 1.807) is 12.1 Å². The summed E-state index contributed by atoms with van der Waals surface area (Å²) in [5, 5.41) is 3.83. The number of nitrogens with one attached hydrogen (secondary N) is 1. The van der Waals surface area contributed by atoms with E-state index in [0.717, 1.165) is 17.5 Å². The molecule has 0 spiro atoms. The van der Waals surface area contributed by atoms with Gasteiger partial charge in [0.1, 0.15) is 4.90 Å². The van der Waals surface area contributed by atoms with E-state index < -0.39 is 21.6 Å². The van der Waals surface area contributed by atoms with E-state index in [4.69, 9.17) is 0 Å². The predicted octanol–water partition coefficient (Wildman–Crippen LogP) is 4.21. The van der Waals surface area contributed by atoms with Crippen molar-refractivity contribution in [3.63, 3.8) is 0 Å². The van der Waals surface area contributed by atoms with Crippen LogP contribution in [0, 0.1) is 0 Å². The third kappa shape index (κ3) is 2.59. The van der Waals surface area contributed by atoms with Crippen LogP contribution in [0.1, 0.15) is 11.1 Å². The van der Waals surface area contributed by atoms with Crippen molar-refractivity contribution in [3.05, 3.63) is 59.0 Å². The summed E-state index contributed by atoms with van der Waals surface area (Å²) in [6.07, 6.45) is -2.99. The van der Waals surface area contributed by atoms with Crippen molar-refractivity contribution in [1.29, 1.82) is 0 Å². The third-order valence-electron chi connectivity index (χ3n) is 3.23. The molecule has 22 heavy (non-hydrogen) atoms. The Hall–Kier alpha value is -2.28. The lowest BCUT2D eigenvalue weighted by atomic mass is 10.1. The minimum atomic E-state index is -4.45. The molecular formula is C15H10F3NO2S. The molecule has 0 aromatic heterocycles. The van der Waals surface area contributed by atoms with Crippen molar-refractivity contribution < 1.29 is 21.6 Å². The fourth-order valence-corrected chi connectivity index (χ4v) is 3.61. The summed E-state index contributed by atoms with van der Waals surface area (Å²) in [4.78, 5) is 0.0763. The van der Waals surface area contributed by atoms with Crippen molar-refractivity contribution in [2.45, 2.75) is 11.1 Å². The fourth-order valence-electron chi connectivity index (χ4n) is 2.26. The number of anilines is 2. The molecular weight excluding hydrogens is 315 g/mol. The number of halogens is 3. The monoisotopic (exact) mass is 325 g/mol. The molecule has 1 aliphatic rings. The Morgan fingerprint density at radius 1 is 1.00 bits per heavy atom. The lowest BCUT2D eigenvalue weighted by molar-refractivity contribution is -0.137. The lowest BCUT2D eigenvalue weighted by Crippen LogP contribution is -2.06. The van der Waals surface area contributed by atoms with Gasteiger partial charge in [0.2, 0.25) is 9.84 Å². The number of sulfone groups is 1. The van der Waals surface area contributed by atoms with Gasteiger partial charge in [-0.2, -0.15) is 13.2 Å². The third-order valence-corrected chi connectivity index (χ3v) is 4.74.